The number of ether oxygens (including phenoxy) is 1. The molecule has 276 valence electrons. The summed E-state index contributed by atoms with van der Waals surface area (Å²) in [6.45, 7) is 15.8. The Kier molecular flexibility index (Phi) is 10.3. The van der Waals surface area contributed by atoms with Crippen molar-refractivity contribution in [1.29, 1.82) is 0 Å². The van der Waals surface area contributed by atoms with E-state index in [-0.39, 0.29) is 23.8 Å². The zero-order chi connectivity index (χ0) is 37.6. The number of aromatic nitrogens is 4. The van der Waals surface area contributed by atoms with Gasteiger partial charge < -0.3 is 25.6 Å². The molecule has 0 saturated heterocycles. The molecule has 2 aliphatic heterocycles. The Morgan fingerprint density at radius 3 is 1.85 bits per heavy atom. The van der Waals surface area contributed by atoms with E-state index in [1.165, 1.54) is 28.7 Å². The number of hydrogen-bond acceptors (Lipinski definition) is 13. The van der Waals surface area contributed by atoms with Gasteiger partial charge in [0.2, 0.25) is 11.8 Å². The van der Waals surface area contributed by atoms with Crippen LogP contribution >= 0.6 is 45.3 Å². The normalized spacial score (nSPS) is 16.8. The van der Waals surface area contributed by atoms with E-state index in [1.54, 1.807) is 70.6 Å². The number of amides is 3. The smallest absolute Gasteiger partial charge is 0.410 e. The lowest BCUT2D eigenvalue weighted by atomic mass is 9.93. The molecule has 53 heavy (non-hydrogen) atoms. The minimum atomic E-state index is -0.544. The van der Waals surface area contributed by atoms with E-state index < -0.39 is 5.60 Å². The minimum Gasteiger partial charge on any atom is -0.444 e. The maximum atomic E-state index is 12.6. The zero-order valence-corrected chi connectivity index (χ0v) is 33.7. The topological polar surface area (TPSA) is 151 Å². The monoisotopic (exact) mass is 788 g/mol. The molecule has 0 radical (unpaired) electrons. The molecule has 3 amide bonds. The minimum absolute atomic E-state index is 0.0479. The van der Waals surface area contributed by atoms with Crippen LogP contribution in [0.1, 0.15) is 81.2 Å². The zero-order valence-electron chi connectivity index (χ0n) is 30.4. The van der Waals surface area contributed by atoms with Crippen LogP contribution in [-0.2, 0) is 27.4 Å². The number of thiazole rings is 2. The Hall–Kier alpha value is -4.35. The highest BCUT2D eigenvalue weighted by molar-refractivity contribution is 7.23. The fraction of sp³-hybridized carbons (Fsp3) is 0.378. The number of rotatable bonds is 4. The summed E-state index contributed by atoms with van der Waals surface area (Å²) in [5.74, 6) is 0.306. The van der Waals surface area contributed by atoms with Gasteiger partial charge in [0.25, 0.3) is 0 Å². The SMILES string of the molecule is CC(=O)Nc1sc2c(c1-c1nc3cnccc3s1)C(C)CN(C(=O)OC(C)(C)C)C2.CC(=O)Nc1sc2c(c1-c1nc3cnccc3s1)C(C)CNC2. The molecule has 0 saturated carbocycles. The molecule has 12 nitrogen and oxygen atoms in total. The summed E-state index contributed by atoms with van der Waals surface area (Å²) in [6.07, 6.45) is 6.76. The lowest BCUT2D eigenvalue weighted by Crippen LogP contribution is -2.40. The third kappa shape index (κ3) is 7.82. The van der Waals surface area contributed by atoms with Crippen LogP contribution in [0.15, 0.2) is 36.9 Å². The van der Waals surface area contributed by atoms with Crippen LogP contribution in [0.5, 0.6) is 0 Å². The van der Waals surface area contributed by atoms with E-state index in [1.807, 2.05) is 32.9 Å². The first-order valence-corrected chi connectivity index (χ1v) is 20.5. The van der Waals surface area contributed by atoms with Crippen molar-refractivity contribution >= 4 is 93.7 Å². The van der Waals surface area contributed by atoms with Gasteiger partial charge in [0, 0.05) is 72.7 Å². The molecule has 0 aromatic carbocycles. The molecule has 0 bridgehead atoms. The van der Waals surface area contributed by atoms with Gasteiger partial charge in [-0.1, -0.05) is 13.8 Å². The average molecular weight is 789 g/mol. The Morgan fingerprint density at radius 2 is 1.34 bits per heavy atom. The average Bonchev–Trinajstić information content (AvgIpc) is 3.85. The predicted octanol–water partition coefficient (Wildman–Crippen LogP) is 8.82. The summed E-state index contributed by atoms with van der Waals surface area (Å²) < 4.78 is 7.74. The van der Waals surface area contributed by atoms with Crippen LogP contribution in [0, 0.1) is 0 Å². The second-order valence-electron chi connectivity index (χ2n) is 14.2. The van der Waals surface area contributed by atoms with E-state index >= 15 is 0 Å². The molecule has 6 aromatic rings. The van der Waals surface area contributed by atoms with Gasteiger partial charge in [-0.05, 0) is 49.9 Å². The maximum absolute atomic E-state index is 12.6. The van der Waals surface area contributed by atoms with Crippen LogP contribution in [0.4, 0.5) is 14.8 Å². The van der Waals surface area contributed by atoms with Gasteiger partial charge in [-0.2, -0.15) is 0 Å². The first kappa shape index (κ1) is 37.0. The predicted molar refractivity (Wildman–Crippen MR) is 215 cm³/mol. The van der Waals surface area contributed by atoms with Crippen LogP contribution < -0.4 is 16.0 Å². The quantitative estimate of drug-likeness (QED) is 0.159. The lowest BCUT2D eigenvalue weighted by molar-refractivity contribution is -0.115. The number of hydrogen-bond donors (Lipinski definition) is 3. The second kappa shape index (κ2) is 14.8. The molecule has 2 atom stereocenters. The number of thiophene rings is 2. The van der Waals surface area contributed by atoms with Crippen molar-refractivity contribution in [3.8, 4) is 21.1 Å². The molecule has 8 rings (SSSR count). The van der Waals surface area contributed by atoms with E-state index in [9.17, 15) is 14.4 Å². The van der Waals surface area contributed by atoms with Gasteiger partial charge in [-0.15, -0.1) is 45.3 Å². The van der Waals surface area contributed by atoms with Gasteiger partial charge >= 0.3 is 6.09 Å². The molecule has 0 fully saturated rings. The van der Waals surface area contributed by atoms with Gasteiger partial charge in [-0.25, -0.2) is 14.8 Å². The Bertz CT molecular complexity index is 2290. The standard InChI is InChI=1S/C21H24N4O3S2.C16H16N4OS2/c1-11-9-25(20(27)28-21(3,4)5)10-15-16(11)17(18(30-15)23-12(2)26)19-24-13-8-22-7-6-14(13)29-19;1-8-5-18-7-12-13(8)14(15(23-12)19-9(2)21)16-20-10-6-17-4-3-11(10)22-16/h6-8,11H,9-10H2,1-5H3,(H,23,26);3-4,6,8,18H,5,7H2,1-2H3,(H,19,21). The van der Waals surface area contributed by atoms with E-state index in [0.29, 0.717) is 19.0 Å². The molecule has 0 aliphatic carbocycles. The van der Waals surface area contributed by atoms with Gasteiger partial charge in [0.1, 0.15) is 36.7 Å². The Morgan fingerprint density at radius 1 is 0.811 bits per heavy atom. The van der Waals surface area contributed by atoms with Crippen molar-refractivity contribution in [2.75, 3.05) is 23.7 Å². The molecule has 6 aromatic heterocycles. The summed E-state index contributed by atoms with van der Waals surface area (Å²) >= 11 is 6.40. The van der Waals surface area contributed by atoms with Crippen LogP contribution in [-0.4, -0.2) is 61.4 Å². The molecule has 0 spiro atoms. The lowest BCUT2D eigenvalue weighted by Gasteiger charge is -2.33. The molecular formula is C37H40N8O4S4. The number of fused-ring (bicyclic) bond motifs is 4. The molecule has 2 aliphatic rings. The number of carbonyl (C=O) groups excluding carboxylic acids is 3. The highest BCUT2D eigenvalue weighted by atomic mass is 32.1. The first-order valence-electron chi connectivity index (χ1n) is 17.2. The highest BCUT2D eigenvalue weighted by Crippen LogP contribution is 2.49. The van der Waals surface area contributed by atoms with Crippen molar-refractivity contribution in [2.24, 2.45) is 0 Å². The van der Waals surface area contributed by atoms with Gasteiger partial charge in [0.15, 0.2) is 0 Å². The van der Waals surface area contributed by atoms with Crippen molar-refractivity contribution in [2.45, 2.75) is 79.0 Å². The molecule has 2 unspecified atom stereocenters. The Labute approximate surface area is 323 Å². The number of carbonyl (C=O) groups is 3. The molecule has 3 N–H and O–H groups in total. The third-order valence-corrected chi connectivity index (χ3v) is 13.0. The summed E-state index contributed by atoms with van der Waals surface area (Å²) in [5, 5.41) is 12.9. The summed E-state index contributed by atoms with van der Waals surface area (Å²) in [6, 6.07) is 3.93. The number of nitrogens with one attached hydrogen (secondary N) is 3. The van der Waals surface area contributed by atoms with E-state index in [2.05, 4.69) is 39.8 Å². The largest absolute Gasteiger partial charge is 0.444 e. The maximum Gasteiger partial charge on any atom is 0.410 e. The third-order valence-electron chi connectivity index (χ3n) is 8.63. The van der Waals surface area contributed by atoms with E-state index in [4.69, 9.17) is 14.7 Å². The van der Waals surface area contributed by atoms with Crippen molar-refractivity contribution < 1.29 is 19.1 Å². The summed E-state index contributed by atoms with van der Waals surface area (Å²) in [4.78, 5) is 58.1. The first-order chi connectivity index (χ1) is 25.3. The molecule has 16 heteroatoms. The summed E-state index contributed by atoms with van der Waals surface area (Å²) in [5.41, 5.74) is 5.73. The van der Waals surface area contributed by atoms with Gasteiger partial charge in [0.05, 0.1) is 28.3 Å². The Balaban J connectivity index is 0.000000170. The van der Waals surface area contributed by atoms with Crippen molar-refractivity contribution in [3.63, 3.8) is 0 Å². The number of anilines is 2. The fourth-order valence-electron chi connectivity index (χ4n) is 6.60. The molecular weight excluding hydrogens is 749 g/mol. The molecule has 8 heterocycles. The second-order valence-corrected chi connectivity index (χ2v) is 18.4. The van der Waals surface area contributed by atoms with Crippen LogP contribution in [0.3, 0.4) is 0 Å². The van der Waals surface area contributed by atoms with Crippen LogP contribution in [0.2, 0.25) is 0 Å². The number of pyridine rings is 2. The van der Waals surface area contributed by atoms with Crippen molar-refractivity contribution in [3.05, 3.63) is 57.8 Å². The number of nitrogens with zero attached hydrogens (tertiary/aromatic N) is 5. The van der Waals surface area contributed by atoms with E-state index in [0.717, 1.165) is 75.1 Å². The highest BCUT2D eigenvalue weighted by Gasteiger charge is 2.35. The van der Waals surface area contributed by atoms with Gasteiger partial charge in [-0.3, -0.25) is 19.6 Å². The summed E-state index contributed by atoms with van der Waals surface area (Å²) in [7, 11) is 0. The van der Waals surface area contributed by atoms with Crippen LogP contribution in [0.25, 0.3) is 41.6 Å². The fourth-order valence-corrected chi connectivity index (χ4v) is 11.4. The van der Waals surface area contributed by atoms with Crippen molar-refractivity contribution in [1.82, 2.24) is 30.2 Å².